The lowest BCUT2D eigenvalue weighted by Crippen LogP contribution is -2.53. The molecule has 2 N–H and O–H groups in total. The zero-order valence-electron chi connectivity index (χ0n) is 15.1. The quantitative estimate of drug-likeness (QED) is 0.620. The number of aliphatic imine (C=N–C) groups is 2. The molecule has 0 amide bonds. The average Bonchev–Trinajstić information content (AvgIpc) is 2.95. The van der Waals surface area contributed by atoms with Crippen LogP contribution in [-0.2, 0) is 0 Å². The number of amidine groups is 1. The van der Waals surface area contributed by atoms with E-state index in [1.807, 2.05) is 18.2 Å². The minimum Gasteiger partial charge on any atom is -0.454 e. The Labute approximate surface area is 165 Å². The fraction of sp³-hybridized carbons (Fsp3) is 0. The van der Waals surface area contributed by atoms with E-state index in [0.717, 1.165) is 5.57 Å². The van der Waals surface area contributed by atoms with E-state index < -0.39 is 11.6 Å². The third-order valence-electron chi connectivity index (χ3n) is 4.87. The molecule has 3 aliphatic rings. The van der Waals surface area contributed by atoms with Gasteiger partial charge in [0.25, 0.3) is 5.84 Å². The highest BCUT2D eigenvalue weighted by molar-refractivity contribution is 6.01. The molecule has 0 fully saturated rings. The van der Waals surface area contributed by atoms with Crippen LogP contribution < -0.4 is 10.6 Å². The Hall–Kier alpha value is -3.68. The van der Waals surface area contributed by atoms with Crippen LogP contribution in [0.1, 0.15) is 5.56 Å². The van der Waals surface area contributed by atoms with Crippen LogP contribution in [0.4, 0.5) is 8.78 Å². The smallest absolute Gasteiger partial charge is 0.268 e. The van der Waals surface area contributed by atoms with Crippen LogP contribution in [0.15, 0.2) is 100 Å². The number of hydrogen-bond acceptors (Lipinski definition) is 4. The summed E-state index contributed by atoms with van der Waals surface area (Å²) in [5.41, 5.74) is 2.45. The molecule has 5 nitrogen and oxygen atoms in total. The lowest BCUT2D eigenvalue weighted by atomic mass is 10.0. The fourth-order valence-electron chi connectivity index (χ4n) is 3.32. The second-order valence-corrected chi connectivity index (χ2v) is 6.68. The van der Waals surface area contributed by atoms with Gasteiger partial charge in [-0.15, -0.1) is 4.59 Å². The van der Waals surface area contributed by atoms with Crippen LogP contribution in [0.5, 0.6) is 11.5 Å². The van der Waals surface area contributed by atoms with Crippen molar-refractivity contribution in [1.82, 2.24) is 0 Å². The third-order valence-corrected chi connectivity index (χ3v) is 4.87. The first-order chi connectivity index (χ1) is 14.1. The van der Waals surface area contributed by atoms with E-state index >= 15 is 4.39 Å². The Balaban J connectivity index is 1.52. The Morgan fingerprint density at radius 2 is 1.86 bits per heavy atom. The van der Waals surface area contributed by atoms with Gasteiger partial charge < -0.3 is 4.74 Å². The number of para-hydroxylation sites is 1. The molecule has 2 aromatic rings. The standard InChI is InChI=1S/C22H15F2N4O/c23-17-6-1-2-7-20(17)29-15-8-9-16(18(24)12-15)22-27-21(14-4-3-5-14)19-13-26-10-11-28(19,22)25/h1-13H,25H2/q+1. The van der Waals surface area contributed by atoms with E-state index in [0.29, 0.717) is 17.2 Å². The molecule has 5 rings (SSSR count). The number of nitrogens with two attached hydrogens (primary N) is 1. The third kappa shape index (κ3) is 2.75. The molecular weight excluding hydrogens is 374 g/mol. The molecule has 29 heavy (non-hydrogen) atoms. The summed E-state index contributed by atoms with van der Waals surface area (Å²) in [6.07, 6.45) is 10.5. The first kappa shape index (κ1) is 17.4. The van der Waals surface area contributed by atoms with Crippen LogP contribution in [0, 0.1) is 11.6 Å². The predicted octanol–water partition coefficient (Wildman–Crippen LogP) is 4.47. The van der Waals surface area contributed by atoms with Crippen molar-refractivity contribution in [2.24, 2.45) is 15.8 Å². The van der Waals surface area contributed by atoms with E-state index in [9.17, 15) is 4.39 Å². The SMILES string of the molecule is N[N+]12C=CN=CC1=C(C1=CC=C1)N=C2c1ccc(Oc2ccccc2F)cc1F. The van der Waals surface area contributed by atoms with Gasteiger partial charge in [0.05, 0.1) is 18.0 Å². The lowest BCUT2D eigenvalue weighted by Gasteiger charge is -2.26. The summed E-state index contributed by atoms with van der Waals surface area (Å²) in [7, 11) is 0. The second kappa shape index (κ2) is 6.44. The second-order valence-electron chi connectivity index (χ2n) is 6.68. The van der Waals surface area contributed by atoms with Crippen molar-refractivity contribution >= 4 is 12.1 Å². The number of halogens is 2. The van der Waals surface area contributed by atoms with E-state index in [-0.39, 0.29) is 21.7 Å². The molecule has 1 unspecified atom stereocenters. The minimum atomic E-state index is -0.574. The number of allylic oxidation sites excluding steroid dienone is 4. The van der Waals surface area contributed by atoms with Crippen molar-refractivity contribution in [2.75, 3.05) is 0 Å². The average molecular weight is 389 g/mol. The van der Waals surface area contributed by atoms with E-state index in [1.165, 1.54) is 24.3 Å². The Morgan fingerprint density at radius 1 is 1.03 bits per heavy atom. The molecule has 1 aliphatic carbocycles. The molecule has 7 heteroatoms. The summed E-state index contributed by atoms with van der Waals surface area (Å²) in [4.78, 5) is 8.77. The maximum absolute atomic E-state index is 15.0. The number of fused-ring (bicyclic) bond motifs is 1. The van der Waals surface area contributed by atoms with Crippen molar-refractivity contribution < 1.29 is 18.1 Å². The predicted molar refractivity (Wildman–Crippen MR) is 106 cm³/mol. The van der Waals surface area contributed by atoms with Gasteiger partial charge in [-0.1, -0.05) is 30.4 Å². The van der Waals surface area contributed by atoms with Gasteiger partial charge in [-0.2, -0.15) is 10.8 Å². The molecule has 0 aromatic heterocycles. The van der Waals surface area contributed by atoms with E-state index in [1.54, 1.807) is 36.8 Å². The molecule has 0 spiro atoms. The van der Waals surface area contributed by atoms with Crippen molar-refractivity contribution in [1.29, 1.82) is 0 Å². The lowest BCUT2D eigenvalue weighted by molar-refractivity contribution is -0.750. The van der Waals surface area contributed by atoms with Crippen molar-refractivity contribution in [3.8, 4) is 11.5 Å². The largest absolute Gasteiger partial charge is 0.454 e. The summed E-state index contributed by atoms with van der Waals surface area (Å²) >= 11 is 0. The summed E-state index contributed by atoms with van der Waals surface area (Å²) in [5.74, 6) is 5.99. The van der Waals surface area contributed by atoms with Crippen molar-refractivity contribution in [3.63, 3.8) is 0 Å². The van der Waals surface area contributed by atoms with Gasteiger partial charge in [-0.3, -0.25) is 4.99 Å². The van der Waals surface area contributed by atoms with Crippen LogP contribution in [0.2, 0.25) is 0 Å². The van der Waals surface area contributed by atoms with Crippen LogP contribution in [0.25, 0.3) is 0 Å². The number of nitrogens with zero attached hydrogens (tertiary/aromatic N) is 3. The van der Waals surface area contributed by atoms with Gasteiger partial charge in [0.2, 0.25) is 5.70 Å². The maximum Gasteiger partial charge on any atom is 0.268 e. The monoisotopic (exact) mass is 389 g/mol. The van der Waals surface area contributed by atoms with Gasteiger partial charge in [-0.25, -0.2) is 8.78 Å². The molecule has 1 atom stereocenters. The van der Waals surface area contributed by atoms with Crippen LogP contribution in [0.3, 0.4) is 0 Å². The van der Waals surface area contributed by atoms with Gasteiger partial charge in [0, 0.05) is 11.6 Å². The molecule has 0 bridgehead atoms. The summed E-state index contributed by atoms with van der Waals surface area (Å²) in [5, 5.41) is 0. The number of quaternary nitrogens is 1. The zero-order valence-corrected chi connectivity index (χ0v) is 15.1. The molecule has 142 valence electrons. The Bertz CT molecular complexity index is 1220. The molecule has 0 radical (unpaired) electrons. The van der Waals surface area contributed by atoms with Crippen LogP contribution >= 0.6 is 0 Å². The topological polar surface area (TPSA) is 60.0 Å². The minimum absolute atomic E-state index is 0.0188. The number of ether oxygens (including phenoxy) is 1. The number of rotatable bonds is 4. The van der Waals surface area contributed by atoms with E-state index in [2.05, 4.69) is 9.98 Å². The number of hydrogen-bond donors (Lipinski definition) is 1. The summed E-state index contributed by atoms with van der Waals surface area (Å²) in [6.45, 7) is 0. The molecule has 0 saturated carbocycles. The molecule has 0 saturated heterocycles. The highest BCUT2D eigenvalue weighted by atomic mass is 19.1. The summed E-state index contributed by atoms with van der Waals surface area (Å²) in [6, 6.07) is 10.2. The highest BCUT2D eigenvalue weighted by Crippen LogP contribution is 2.37. The molecule has 2 heterocycles. The van der Waals surface area contributed by atoms with Crippen molar-refractivity contribution in [3.05, 3.63) is 107 Å². The molecular formula is C22H15F2N4O+. The first-order valence-electron chi connectivity index (χ1n) is 8.89. The Morgan fingerprint density at radius 3 is 2.59 bits per heavy atom. The maximum atomic E-state index is 15.0. The normalized spacial score (nSPS) is 21.6. The van der Waals surface area contributed by atoms with Gasteiger partial charge in [0.1, 0.15) is 23.5 Å². The fourth-order valence-corrected chi connectivity index (χ4v) is 3.32. The van der Waals surface area contributed by atoms with Gasteiger partial charge >= 0.3 is 0 Å². The van der Waals surface area contributed by atoms with E-state index in [4.69, 9.17) is 10.6 Å². The van der Waals surface area contributed by atoms with Crippen LogP contribution in [-0.4, -0.2) is 16.6 Å². The van der Waals surface area contributed by atoms with Gasteiger partial charge in [0.15, 0.2) is 11.6 Å². The zero-order chi connectivity index (χ0) is 20.0. The first-order valence-corrected chi connectivity index (χ1v) is 8.89. The van der Waals surface area contributed by atoms with Gasteiger partial charge in [-0.05, 0) is 24.3 Å². The summed E-state index contributed by atoms with van der Waals surface area (Å²) < 4.78 is 34.0. The highest BCUT2D eigenvalue weighted by Gasteiger charge is 2.45. The molecule has 2 aromatic carbocycles. The van der Waals surface area contributed by atoms with Crippen molar-refractivity contribution in [2.45, 2.75) is 0 Å². The molecule has 2 aliphatic heterocycles. The Kier molecular flexibility index (Phi) is 3.87. The number of benzene rings is 2.